The maximum absolute atomic E-state index is 12.3. The molecule has 3 aromatic rings. The van der Waals surface area contributed by atoms with E-state index in [2.05, 4.69) is 4.99 Å². The highest BCUT2D eigenvalue weighted by Gasteiger charge is 2.19. The van der Waals surface area contributed by atoms with Crippen LogP contribution in [0.2, 0.25) is 5.02 Å². The molecule has 0 atom stereocenters. The lowest BCUT2D eigenvalue weighted by Crippen LogP contribution is -2.19. The molecule has 1 amide bonds. The maximum atomic E-state index is 12.3. The maximum Gasteiger partial charge on any atom is 0.263 e. The zero-order valence-electron chi connectivity index (χ0n) is 13.6. The predicted molar refractivity (Wildman–Crippen MR) is 99.6 cm³/mol. The third-order valence-electron chi connectivity index (χ3n) is 3.73. The minimum Gasteiger partial charge on any atom is -0.319 e. The van der Waals surface area contributed by atoms with Crippen LogP contribution in [-0.2, 0) is 21.7 Å². The summed E-state index contributed by atoms with van der Waals surface area (Å²) in [5, 5.41) is 0.433. The van der Waals surface area contributed by atoms with Gasteiger partial charge >= 0.3 is 0 Å². The van der Waals surface area contributed by atoms with Gasteiger partial charge in [-0.2, -0.15) is 4.99 Å². The van der Waals surface area contributed by atoms with Crippen molar-refractivity contribution in [2.45, 2.75) is 11.8 Å². The number of amides is 1. The van der Waals surface area contributed by atoms with Gasteiger partial charge in [0.2, 0.25) is 0 Å². The molecule has 1 aromatic heterocycles. The normalized spacial score (nSPS) is 12.7. The summed E-state index contributed by atoms with van der Waals surface area (Å²) in [5.41, 5.74) is 2.05. The van der Waals surface area contributed by atoms with E-state index in [-0.39, 0.29) is 4.90 Å². The fraction of sp³-hybridized carbons (Fsp3) is 0.176. The molecule has 0 saturated heterocycles. The van der Waals surface area contributed by atoms with E-state index >= 15 is 0 Å². The van der Waals surface area contributed by atoms with Crippen LogP contribution in [0.25, 0.3) is 10.2 Å². The highest BCUT2D eigenvalue weighted by atomic mass is 35.5. The average molecular weight is 395 g/mol. The first-order valence-electron chi connectivity index (χ1n) is 7.39. The van der Waals surface area contributed by atoms with Crippen LogP contribution in [0.1, 0.15) is 5.56 Å². The number of rotatable bonds is 3. The molecule has 1 heterocycles. The van der Waals surface area contributed by atoms with E-state index in [0.29, 0.717) is 9.82 Å². The minimum atomic E-state index is -3.75. The summed E-state index contributed by atoms with van der Waals surface area (Å²) >= 11 is 7.12. The van der Waals surface area contributed by atoms with Crippen LogP contribution in [-0.4, -0.2) is 24.6 Å². The van der Waals surface area contributed by atoms with Crippen molar-refractivity contribution < 1.29 is 13.2 Å². The molecule has 0 fully saturated rings. The second kappa shape index (κ2) is 6.74. The van der Waals surface area contributed by atoms with Gasteiger partial charge in [-0.05, 0) is 42.8 Å². The Balaban J connectivity index is 1.94. The molecule has 0 spiro atoms. The van der Waals surface area contributed by atoms with Crippen molar-refractivity contribution in [2.24, 2.45) is 12.0 Å². The van der Waals surface area contributed by atoms with Crippen LogP contribution in [0.5, 0.6) is 0 Å². The molecule has 130 valence electrons. The van der Waals surface area contributed by atoms with E-state index in [1.165, 1.54) is 35.6 Å². The summed E-state index contributed by atoms with van der Waals surface area (Å²) in [6.07, 6.45) is 0. The van der Waals surface area contributed by atoms with Crippen molar-refractivity contribution in [1.29, 1.82) is 0 Å². The fourth-order valence-electron chi connectivity index (χ4n) is 2.53. The summed E-state index contributed by atoms with van der Waals surface area (Å²) in [6.45, 7) is 1.98. The van der Waals surface area contributed by atoms with Crippen LogP contribution < -0.4 is 4.80 Å². The van der Waals surface area contributed by atoms with Crippen molar-refractivity contribution in [3.8, 4) is 0 Å². The first-order valence-corrected chi connectivity index (χ1v) is 10.2. The Kier molecular flexibility index (Phi) is 4.81. The largest absolute Gasteiger partial charge is 0.319 e. The lowest BCUT2D eigenvalue weighted by molar-refractivity contribution is -0.115. The first kappa shape index (κ1) is 17.8. The van der Waals surface area contributed by atoms with Crippen LogP contribution in [0.3, 0.4) is 0 Å². The van der Waals surface area contributed by atoms with Crippen LogP contribution in [0, 0.1) is 6.92 Å². The van der Waals surface area contributed by atoms with E-state index in [9.17, 15) is 13.2 Å². The molecule has 5 nitrogen and oxygen atoms in total. The number of carbonyl (C=O) groups is 1. The van der Waals surface area contributed by atoms with Crippen molar-refractivity contribution in [3.05, 3.63) is 57.9 Å². The molecule has 8 heteroatoms. The van der Waals surface area contributed by atoms with Gasteiger partial charge in [0.25, 0.3) is 5.91 Å². The molecule has 0 radical (unpaired) electrons. The van der Waals surface area contributed by atoms with Gasteiger partial charge in [-0.25, -0.2) is 8.42 Å². The Morgan fingerprint density at radius 3 is 2.52 bits per heavy atom. The Labute approximate surface area is 154 Å². The monoisotopic (exact) mass is 394 g/mol. The van der Waals surface area contributed by atoms with E-state index in [1.807, 2.05) is 36.7 Å². The molecule has 0 aliphatic carbocycles. The number of aryl methyl sites for hydroxylation is 2. The standard InChI is InChI=1S/C17H15ClN2O3S2/c1-11-4-3-5-14-16(11)20(2)17(24-14)19-15(21)10-25(22,23)13-8-6-12(18)7-9-13/h3-9H,10H2,1-2H3. The first-order chi connectivity index (χ1) is 11.8. The summed E-state index contributed by atoms with van der Waals surface area (Å²) in [7, 11) is -1.94. The van der Waals surface area contributed by atoms with Gasteiger partial charge in [-0.1, -0.05) is 35.1 Å². The molecule has 0 aliphatic heterocycles. The zero-order valence-corrected chi connectivity index (χ0v) is 16.0. The molecular formula is C17H15ClN2O3S2. The summed E-state index contributed by atoms with van der Waals surface area (Å²) < 4.78 is 27.5. The van der Waals surface area contributed by atoms with Gasteiger partial charge in [-0.3, -0.25) is 4.79 Å². The number of sulfone groups is 1. The Hall–Kier alpha value is -1.96. The molecule has 3 rings (SSSR count). The van der Waals surface area contributed by atoms with Crippen LogP contribution in [0.4, 0.5) is 0 Å². The highest BCUT2D eigenvalue weighted by Crippen LogP contribution is 2.20. The highest BCUT2D eigenvalue weighted by molar-refractivity contribution is 7.92. The van der Waals surface area contributed by atoms with Gasteiger partial charge in [0.1, 0.15) is 5.75 Å². The lowest BCUT2D eigenvalue weighted by atomic mass is 10.2. The smallest absolute Gasteiger partial charge is 0.263 e. The number of hydrogen-bond donors (Lipinski definition) is 0. The minimum absolute atomic E-state index is 0.0528. The zero-order chi connectivity index (χ0) is 18.2. The van der Waals surface area contributed by atoms with Crippen LogP contribution >= 0.6 is 22.9 Å². The SMILES string of the molecule is Cc1cccc2sc(=NC(=O)CS(=O)(=O)c3ccc(Cl)cc3)n(C)c12. The number of aromatic nitrogens is 1. The third kappa shape index (κ3) is 3.68. The van der Waals surface area contributed by atoms with Crippen molar-refractivity contribution in [1.82, 2.24) is 4.57 Å². The van der Waals surface area contributed by atoms with Gasteiger partial charge in [0, 0.05) is 12.1 Å². The summed E-state index contributed by atoms with van der Waals surface area (Å²) in [6, 6.07) is 11.6. The number of nitrogens with zero attached hydrogens (tertiary/aromatic N) is 2. The van der Waals surface area contributed by atoms with E-state index in [0.717, 1.165) is 15.8 Å². The Morgan fingerprint density at radius 2 is 1.88 bits per heavy atom. The van der Waals surface area contributed by atoms with Crippen molar-refractivity contribution >= 4 is 48.9 Å². The molecule has 25 heavy (non-hydrogen) atoms. The van der Waals surface area contributed by atoms with Gasteiger partial charge in [-0.15, -0.1) is 0 Å². The predicted octanol–water partition coefficient (Wildman–Crippen LogP) is 3.10. The molecular weight excluding hydrogens is 380 g/mol. The quantitative estimate of drug-likeness (QED) is 0.685. The Morgan fingerprint density at radius 1 is 1.20 bits per heavy atom. The van der Waals surface area contributed by atoms with Crippen LogP contribution in [0.15, 0.2) is 52.4 Å². The molecule has 0 saturated carbocycles. The van der Waals surface area contributed by atoms with Gasteiger partial charge < -0.3 is 4.57 Å². The number of thiazole rings is 1. The number of fused-ring (bicyclic) bond motifs is 1. The summed E-state index contributed by atoms with van der Waals surface area (Å²) in [5.74, 6) is -1.38. The van der Waals surface area contributed by atoms with E-state index in [1.54, 1.807) is 0 Å². The number of para-hydroxylation sites is 1. The van der Waals surface area contributed by atoms with Gasteiger partial charge in [0.05, 0.1) is 15.1 Å². The number of benzene rings is 2. The topological polar surface area (TPSA) is 68.5 Å². The van der Waals surface area contributed by atoms with Gasteiger partial charge in [0.15, 0.2) is 14.6 Å². The van der Waals surface area contributed by atoms with E-state index in [4.69, 9.17) is 11.6 Å². The molecule has 0 unspecified atom stereocenters. The number of hydrogen-bond acceptors (Lipinski definition) is 4. The third-order valence-corrected chi connectivity index (χ3v) is 6.70. The molecule has 0 aliphatic rings. The lowest BCUT2D eigenvalue weighted by Gasteiger charge is -2.02. The van der Waals surface area contributed by atoms with Crippen molar-refractivity contribution in [3.63, 3.8) is 0 Å². The van der Waals surface area contributed by atoms with E-state index < -0.39 is 21.5 Å². The molecule has 0 bridgehead atoms. The second-order valence-corrected chi connectivity index (χ2v) is 9.02. The average Bonchev–Trinajstić information content (AvgIpc) is 2.84. The summed E-state index contributed by atoms with van der Waals surface area (Å²) in [4.78, 5) is 16.7. The Bertz CT molecular complexity index is 1130. The molecule has 0 N–H and O–H groups in total. The number of halogens is 1. The number of carbonyl (C=O) groups excluding carboxylic acids is 1. The van der Waals surface area contributed by atoms with Crippen molar-refractivity contribution in [2.75, 3.05) is 5.75 Å². The molecule has 2 aromatic carbocycles. The second-order valence-electron chi connectivity index (χ2n) is 5.58. The fourth-order valence-corrected chi connectivity index (χ4v) is 4.88.